The summed E-state index contributed by atoms with van der Waals surface area (Å²) < 4.78 is 10.1. The van der Waals surface area contributed by atoms with Crippen molar-refractivity contribution < 1.29 is 19.4 Å². The summed E-state index contributed by atoms with van der Waals surface area (Å²) in [4.78, 5) is 11.4. The SMILES string of the molecule is COC(=O)c1cccc(OCc2ccccc2)c1O. The predicted octanol–water partition coefficient (Wildman–Crippen LogP) is 2.76. The highest BCUT2D eigenvalue weighted by Crippen LogP contribution is 2.30. The number of para-hydroxylation sites is 1. The number of hydrogen-bond donors (Lipinski definition) is 1. The zero-order valence-electron chi connectivity index (χ0n) is 10.5. The molecule has 0 aliphatic rings. The minimum absolute atomic E-state index is 0.0908. The van der Waals surface area contributed by atoms with E-state index in [-0.39, 0.29) is 17.1 Å². The van der Waals surface area contributed by atoms with Crippen LogP contribution in [0.1, 0.15) is 15.9 Å². The summed E-state index contributed by atoms with van der Waals surface area (Å²) in [7, 11) is 1.26. The monoisotopic (exact) mass is 258 g/mol. The summed E-state index contributed by atoms with van der Waals surface area (Å²) in [6.45, 7) is 0.318. The summed E-state index contributed by atoms with van der Waals surface area (Å²) in [5, 5.41) is 9.94. The van der Waals surface area contributed by atoms with Gasteiger partial charge in [-0.15, -0.1) is 0 Å². The van der Waals surface area contributed by atoms with Crippen LogP contribution in [-0.2, 0) is 11.3 Å². The first-order valence-corrected chi connectivity index (χ1v) is 5.79. The second-order valence-corrected chi connectivity index (χ2v) is 3.92. The minimum atomic E-state index is -0.595. The average molecular weight is 258 g/mol. The van der Waals surface area contributed by atoms with Gasteiger partial charge in [-0.05, 0) is 17.7 Å². The number of phenolic OH excluding ortho intramolecular Hbond substituents is 1. The van der Waals surface area contributed by atoms with E-state index in [0.717, 1.165) is 5.56 Å². The van der Waals surface area contributed by atoms with E-state index >= 15 is 0 Å². The van der Waals surface area contributed by atoms with Gasteiger partial charge in [0.25, 0.3) is 0 Å². The number of methoxy groups -OCH3 is 1. The van der Waals surface area contributed by atoms with Gasteiger partial charge in [-0.3, -0.25) is 0 Å². The van der Waals surface area contributed by atoms with Gasteiger partial charge < -0.3 is 14.6 Å². The molecule has 4 heteroatoms. The molecule has 0 saturated heterocycles. The van der Waals surface area contributed by atoms with Gasteiger partial charge in [-0.1, -0.05) is 36.4 Å². The molecule has 0 atom stereocenters. The molecule has 0 heterocycles. The van der Waals surface area contributed by atoms with E-state index in [2.05, 4.69) is 4.74 Å². The van der Waals surface area contributed by atoms with Gasteiger partial charge in [-0.25, -0.2) is 4.79 Å². The molecule has 0 amide bonds. The third kappa shape index (κ3) is 3.04. The Hall–Kier alpha value is -2.49. The topological polar surface area (TPSA) is 55.8 Å². The number of rotatable bonds is 4. The summed E-state index contributed by atoms with van der Waals surface area (Å²) in [6.07, 6.45) is 0. The molecular weight excluding hydrogens is 244 g/mol. The molecule has 4 nitrogen and oxygen atoms in total. The molecule has 0 aromatic heterocycles. The summed E-state index contributed by atoms with van der Waals surface area (Å²) in [5.74, 6) is -0.542. The Morgan fingerprint density at radius 2 is 1.84 bits per heavy atom. The fraction of sp³-hybridized carbons (Fsp3) is 0.133. The largest absolute Gasteiger partial charge is 0.504 e. The quantitative estimate of drug-likeness (QED) is 0.857. The Kier molecular flexibility index (Phi) is 4.03. The van der Waals surface area contributed by atoms with Gasteiger partial charge in [-0.2, -0.15) is 0 Å². The van der Waals surface area contributed by atoms with E-state index in [1.54, 1.807) is 12.1 Å². The van der Waals surface area contributed by atoms with E-state index < -0.39 is 5.97 Å². The second kappa shape index (κ2) is 5.91. The maximum atomic E-state index is 11.4. The van der Waals surface area contributed by atoms with Crippen molar-refractivity contribution in [2.45, 2.75) is 6.61 Å². The van der Waals surface area contributed by atoms with Crippen molar-refractivity contribution in [3.05, 3.63) is 59.7 Å². The van der Waals surface area contributed by atoms with Crippen molar-refractivity contribution in [3.8, 4) is 11.5 Å². The van der Waals surface area contributed by atoms with Gasteiger partial charge in [0.15, 0.2) is 11.5 Å². The summed E-state index contributed by atoms with van der Waals surface area (Å²) in [6, 6.07) is 14.3. The maximum Gasteiger partial charge on any atom is 0.341 e. The second-order valence-electron chi connectivity index (χ2n) is 3.92. The number of benzene rings is 2. The van der Waals surface area contributed by atoms with E-state index in [1.807, 2.05) is 30.3 Å². The van der Waals surface area contributed by atoms with Crippen molar-refractivity contribution in [1.29, 1.82) is 0 Å². The Bertz CT molecular complexity index is 564. The van der Waals surface area contributed by atoms with Crippen LogP contribution in [0.4, 0.5) is 0 Å². The third-order valence-electron chi connectivity index (χ3n) is 2.64. The maximum absolute atomic E-state index is 11.4. The molecule has 0 aliphatic carbocycles. The molecule has 0 unspecified atom stereocenters. The number of hydrogen-bond acceptors (Lipinski definition) is 4. The number of carbonyl (C=O) groups excluding carboxylic acids is 1. The lowest BCUT2D eigenvalue weighted by atomic mass is 10.2. The van der Waals surface area contributed by atoms with E-state index in [4.69, 9.17) is 4.74 Å². The molecule has 2 rings (SSSR count). The Morgan fingerprint density at radius 3 is 2.53 bits per heavy atom. The normalized spacial score (nSPS) is 9.95. The summed E-state index contributed by atoms with van der Waals surface area (Å²) in [5.41, 5.74) is 1.07. The average Bonchev–Trinajstić information content (AvgIpc) is 2.46. The molecule has 0 bridgehead atoms. The zero-order valence-corrected chi connectivity index (χ0v) is 10.5. The molecule has 1 N–H and O–H groups in total. The van der Waals surface area contributed by atoms with Crippen LogP contribution in [0, 0.1) is 0 Å². The van der Waals surface area contributed by atoms with Crippen LogP contribution in [0.25, 0.3) is 0 Å². The number of carbonyl (C=O) groups is 1. The van der Waals surface area contributed by atoms with Crippen LogP contribution >= 0.6 is 0 Å². The van der Waals surface area contributed by atoms with Crippen molar-refractivity contribution >= 4 is 5.97 Å². The van der Waals surface area contributed by atoms with Crippen molar-refractivity contribution in [2.24, 2.45) is 0 Å². The third-order valence-corrected chi connectivity index (χ3v) is 2.64. The van der Waals surface area contributed by atoms with Gasteiger partial charge in [0, 0.05) is 0 Å². The van der Waals surface area contributed by atoms with Crippen LogP contribution in [0.15, 0.2) is 48.5 Å². The Balaban J connectivity index is 2.15. The number of ether oxygens (including phenoxy) is 2. The first-order chi connectivity index (χ1) is 9.22. The molecule has 0 radical (unpaired) electrons. The fourth-order valence-electron chi connectivity index (χ4n) is 1.65. The molecule has 0 aliphatic heterocycles. The zero-order chi connectivity index (χ0) is 13.7. The first kappa shape index (κ1) is 13.0. The number of phenols is 1. The van der Waals surface area contributed by atoms with Gasteiger partial charge in [0.1, 0.15) is 12.2 Å². The van der Waals surface area contributed by atoms with Gasteiger partial charge >= 0.3 is 5.97 Å². The lowest BCUT2D eigenvalue weighted by molar-refractivity contribution is 0.0596. The van der Waals surface area contributed by atoms with Crippen LogP contribution in [-0.4, -0.2) is 18.2 Å². The Labute approximate surface area is 111 Å². The highest BCUT2D eigenvalue weighted by molar-refractivity contribution is 5.93. The van der Waals surface area contributed by atoms with Crippen molar-refractivity contribution in [1.82, 2.24) is 0 Å². The van der Waals surface area contributed by atoms with E-state index in [1.165, 1.54) is 13.2 Å². The van der Waals surface area contributed by atoms with E-state index in [9.17, 15) is 9.90 Å². The molecule has 19 heavy (non-hydrogen) atoms. The molecule has 98 valence electrons. The molecule has 0 spiro atoms. The molecule has 0 fully saturated rings. The molecule has 2 aromatic carbocycles. The van der Waals surface area contributed by atoms with Crippen LogP contribution < -0.4 is 4.74 Å². The van der Waals surface area contributed by atoms with Crippen LogP contribution in [0.5, 0.6) is 11.5 Å². The van der Waals surface area contributed by atoms with Crippen LogP contribution in [0.3, 0.4) is 0 Å². The van der Waals surface area contributed by atoms with Gasteiger partial charge in [0.05, 0.1) is 7.11 Å². The molecular formula is C15H14O4. The van der Waals surface area contributed by atoms with Crippen molar-refractivity contribution in [2.75, 3.05) is 7.11 Å². The smallest absolute Gasteiger partial charge is 0.341 e. The lowest BCUT2D eigenvalue weighted by Gasteiger charge is -2.10. The van der Waals surface area contributed by atoms with E-state index in [0.29, 0.717) is 6.61 Å². The fourth-order valence-corrected chi connectivity index (χ4v) is 1.65. The van der Waals surface area contributed by atoms with Gasteiger partial charge in [0.2, 0.25) is 0 Å². The highest BCUT2D eigenvalue weighted by atomic mass is 16.5. The molecule has 2 aromatic rings. The first-order valence-electron chi connectivity index (χ1n) is 5.79. The van der Waals surface area contributed by atoms with Crippen molar-refractivity contribution in [3.63, 3.8) is 0 Å². The van der Waals surface area contributed by atoms with Crippen LogP contribution in [0.2, 0.25) is 0 Å². The molecule has 0 saturated carbocycles. The standard InChI is InChI=1S/C15H14O4/c1-18-15(17)12-8-5-9-13(14(12)16)19-10-11-6-3-2-4-7-11/h2-9,16H,10H2,1H3. The predicted molar refractivity (Wildman–Crippen MR) is 70.2 cm³/mol. The Morgan fingerprint density at radius 1 is 1.11 bits per heavy atom. The number of aromatic hydroxyl groups is 1. The lowest BCUT2D eigenvalue weighted by Crippen LogP contribution is -2.03. The minimum Gasteiger partial charge on any atom is -0.504 e. The highest BCUT2D eigenvalue weighted by Gasteiger charge is 2.15. The number of esters is 1. The summed E-state index contributed by atoms with van der Waals surface area (Å²) >= 11 is 0.